The van der Waals surface area contributed by atoms with Crippen LogP contribution >= 0.6 is 34.9 Å². The largest absolute Gasteiger partial charge is 0.481 e. The lowest BCUT2D eigenvalue weighted by Crippen LogP contribution is -2.74. The maximum absolute atomic E-state index is 13.1. The van der Waals surface area contributed by atoms with Crippen LogP contribution in [0.1, 0.15) is 12.1 Å². The summed E-state index contributed by atoms with van der Waals surface area (Å²) >= 11 is 3.62. The summed E-state index contributed by atoms with van der Waals surface area (Å²) in [6, 6.07) is -0.853. The van der Waals surface area contributed by atoms with Gasteiger partial charge >= 0.3 is 5.97 Å². The molecular weight excluding hydrogens is 558 g/mol. The van der Waals surface area contributed by atoms with Crippen molar-refractivity contribution in [3.05, 3.63) is 11.1 Å². The van der Waals surface area contributed by atoms with Gasteiger partial charge in [0.25, 0.3) is 5.91 Å². The maximum atomic E-state index is 13.1. The molecule has 4 rings (SSSR count). The number of aliphatic carboxylic acids is 1. The van der Waals surface area contributed by atoms with Gasteiger partial charge in [-0.3, -0.25) is 14.4 Å². The van der Waals surface area contributed by atoms with Crippen LogP contribution in [0.2, 0.25) is 0 Å². The van der Waals surface area contributed by atoms with Crippen LogP contribution < -0.4 is 22.5 Å². The molecule has 4 heterocycles. The first-order valence-corrected chi connectivity index (χ1v) is 14.4. The van der Waals surface area contributed by atoms with E-state index in [1.165, 1.54) is 33.1 Å². The molecule has 2 amide bonds. The van der Waals surface area contributed by atoms with E-state index in [0.717, 1.165) is 11.3 Å². The molecule has 2 aliphatic heterocycles. The van der Waals surface area contributed by atoms with Gasteiger partial charge in [-0.2, -0.15) is 0 Å². The normalized spacial score (nSPS) is 23.1. The SMILES string of the molecule is NCCCON=C(C(=O)NC1C(=O)N2CC(CSc3nnnn3CCN)(C(=O)O)CS[C@H]12)c1csc(N)n1. The van der Waals surface area contributed by atoms with E-state index < -0.39 is 28.7 Å². The van der Waals surface area contributed by atoms with Crippen LogP contribution in [0.3, 0.4) is 0 Å². The number of oxime groups is 1. The molecule has 19 heteroatoms. The van der Waals surface area contributed by atoms with Crippen LogP contribution in [-0.2, 0) is 25.8 Å². The first kappa shape index (κ1) is 28.0. The number of carbonyl (C=O) groups excluding carboxylic acids is 2. The first-order chi connectivity index (χ1) is 18.3. The Balaban J connectivity index is 1.41. The second-order valence-corrected chi connectivity index (χ2v) is 11.4. The summed E-state index contributed by atoms with van der Waals surface area (Å²) in [6.45, 7) is 1.32. The number of thiazole rings is 1. The molecule has 38 heavy (non-hydrogen) atoms. The quantitative estimate of drug-likeness (QED) is 0.0561. The van der Waals surface area contributed by atoms with Gasteiger partial charge in [-0.15, -0.1) is 28.2 Å². The number of hydrogen-bond donors (Lipinski definition) is 5. The highest BCUT2D eigenvalue weighted by Crippen LogP contribution is 2.44. The fourth-order valence-corrected chi connectivity index (χ4v) is 7.05. The number of fused-ring (bicyclic) bond motifs is 1. The minimum atomic E-state index is -1.22. The van der Waals surface area contributed by atoms with Crippen molar-refractivity contribution in [2.75, 3.05) is 43.5 Å². The number of rotatable bonds is 13. The number of β-lactam (4-membered cyclic amide) rings is 1. The number of nitrogen functional groups attached to an aromatic ring is 1. The van der Waals surface area contributed by atoms with Gasteiger partial charge in [-0.1, -0.05) is 16.9 Å². The van der Waals surface area contributed by atoms with Crippen molar-refractivity contribution in [3.63, 3.8) is 0 Å². The van der Waals surface area contributed by atoms with Crippen LogP contribution in [0, 0.1) is 5.41 Å². The molecule has 0 bridgehead atoms. The van der Waals surface area contributed by atoms with Gasteiger partial charge in [-0.25, -0.2) is 9.67 Å². The molecule has 0 radical (unpaired) electrons. The summed E-state index contributed by atoms with van der Waals surface area (Å²) in [5, 5.41) is 29.9. The van der Waals surface area contributed by atoms with E-state index in [-0.39, 0.29) is 47.1 Å². The fourth-order valence-electron chi connectivity index (χ4n) is 3.74. The van der Waals surface area contributed by atoms with Crippen LogP contribution in [0.15, 0.2) is 15.7 Å². The summed E-state index contributed by atoms with van der Waals surface area (Å²) in [5.41, 5.74) is 15.6. The summed E-state index contributed by atoms with van der Waals surface area (Å²) in [5.74, 6) is -1.70. The van der Waals surface area contributed by atoms with Crippen molar-refractivity contribution in [1.29, 1.82) is 0 Å². The molecule has 16 nitrogen and oxygen atoms in total. The van der Waals surface area contributed by atoms with Crippen LogP contribution in [0.5, 0.6) is 0 Å². The maximum Gasteiger partial charge on any atom is 0.313 e. The number of nitrogens with two attached hydrogens (primary N) is 3. The summed E-state index contributed by atoms with van der Waals surface area (Å²) in [7, 11) is 0. The highest BCUT2D eigenvalue weighted by atomic mass is 32.2. The number of hydrogen-bond acceptors (Lipinski definition) is 15. The molecule has 0 spiro atoms. The van der Waals surface area contributed by atoms with E-state index in [2.05, 4.69) is 31.0 Å². The van der Waals surface area contributed by atoms with Crippen LogP contribution in [-0.4, -0.2) is 108 Å². The fraction of sp³-hybridized carbons (Fsp3) is 0.579. The monoisotopic (exact) mass is 585 g/mol. The Morgan fingerprint density at radius 3 is 2.87 bits per heavy atom. The smallest absolute Gasteiger partial charge is 0.313 e. The highest BCUT2D eigenvalue weighted by Gasteiger charge is 2.57. The van der Waals surface area contributed by atoms with Crippen molar-refractivity contribution in [3.8, 4) is 0 Å². The summed E-state index contributed by atoms with van der Waals surface area (Å²) in [4.78, 5) is 49.1. The molecule has 0 aliphatic carbocycles. The van der Waals surface area contributed by atoms with Gasteiger partial charge in [-0.05, 0) is 23.4 Å². The molecule has 2 aromatic rings. The van der Waals surface area contributed by atoms with Crippen molar-refractivity contribution in [2.24, 2.45) is 22.0 Å². The number of carboxylic acids is 1. The third-order valence-corrected chi connectivity index (χ3v) is 9.29. The van der Waals surface area contributed by atoms with E-state index in [1.54, 1.807) is 5.38 Å². The number of carboxylic acid groups (broad SMARTS) is 1. The van der Waals surface area contributed by atoms with E-state index >= 15 is 0 Å². The van der Waals surface area contributed by atoms with Gasteiger partial charge in [0.2, 0.25) is 11.1 Å². The number of carbonyl (C=O) groups is 3. The lowest BCUT2D eigenvalue weighted by Gasteiger charge is -2.53. The summed E-state index contributed by atoms with van der Waals surface area (Å²) in [6.07, 6.45) is 0.540. The third kappa shape index (κ3) is 5.85. The Bertz CT molecular complexity index is 1210. The number of thioether (sulfide) groups is 2. The predicted molar refractivity (Wildman–Crippen MR) is 140 cm³/mol. The number of nitrogens with one attached hydrogen (secondary N) is 1. The molecule has 206 valence electrons. The molecule has 2 saturated heterocycles. The number of amides is 2. The molecule has 3 atom stereocenters. The van der Waals surface area contributed by atoms with Crippen molar-refractivity contribution in [2.45, 2.75) is 29.5 Å². The van der Waals surface area contributed by atoms with Gasteiger partial charge in [0.05, 0.1) is 6.54 Å². The van der Waals surface area contributed by atoms with Crippen molar-refractivity contribution in [1.82, 2.24) is 35.4 Å². The third-order valence-electron chi connectivity index (χ3n) is 5.78. The molecule has 2 unspecified atom stereocenters. The van der Waals surface area contributed by atoms with Crippen LogP contribution in [0.25, 0.3) is 0 Å². The molecular formula is C19H27N11O5S3. The second-order valence-electron chi connectivity index (χ2n) is 8.45. The van der Waals surface area contributed by atoms with E-state index in [4.69, 9.17) is 22.0 Å². The Kier molecular flexibility index (Phi) is 9.03. The standard InChI is InChI=1S/C19H27N11O5S3/c20-2-1-5-35-26-11(10-6-36-17(22)23-10)13(31)24-12-14(32)29-7-19(16(33)34,8-37-15(12)29)9-38-18-25-27-28-30(18)4-3-21/h6,12,15H,1-5,7-9,20-21H2,(H2,22,23)(H,24,31)(H,33,34)/t12?,15-,19?/m1/s1. The minimum absolute atomic E-state index is 0.0115. The van der Waals surface area contributed by atoms with Gasteiger partial charge in [0.15, 0.2) is 10.8 Å². The van der Waals surface area contributed by atoms with E-state index in [0.29, 0.717) is 31.2 Å². The average molecular weight is 586 g/mol. The number of anilines is 1. The van der Waals surface area contributed by atoms with Crippen molar-refractivity contribution >= 4 is 63.5 Å². The Hall–Kier alpha value is -3.00. The van der Waals surface area contributed by atoms with E-state index in [1.807, 2.05) is 0 Å². The summed E-state index contributed by atoms with van der Waals surface area (Å²) < 4.78 is 1.51. The molecule has 0 aromatic carbocycles. The lowest BCUT2D eigenvalue weighted by atomic mass is 9.89. The van der Waals surface area contributed by atoms with Crippen LogP contribution in [0.4, 0.5) is 5.13 Å². The van der Waals surface area contributed by atoms with Gasteiger partial charge in [0.1, 0.15) is 29.1 Å². The molecule has 0 saturated carbocycles. The number of nitrogens with zero attached hydrogens (tertiary/aromatic N) is 7. The second kappa shape index (κ2) is 12.2. The first-order valence-electron chi connectivity index (χ1n) is 11.5. The molecule has 8 N–H and O–H groups in total. The zero-order valence-electron chi connectivity index (χ0n) is 20.1. The minimum Gasteiger partial charge on any atom is -0.481 e. The lowest BCUT2D eigenvalue weighted by molar-refractivity contribution is -0.157. The highest BCUT2D eigenvalue weighted by molar-refractivity contribution is 8.00. The Morgan fingerprint density at radius 2 is 2.18 bits per heavy atom. The Morgan fingerprint density at radius 1 is 1.37 bits per heavy atom. The molecule has 2 aliphatic rings. The van der Waals surface area contributed by atoms with E-state index in [9.17, 15) is 19.5 Å². The van der Waals surface area contributed by atoms with Gasteiger partial charge in [0, 0.05) is 30.0 Å². The van der Waals surface area contributed by atoms with Gasteiger partial charge < -0.3 is 37.4 Å². The number of tetrazole rings is 1. The number of aromatic nitrogens is 5. The topological polar surface area (TPSA) is 243 Å². The van der Waals surface area contributed by atoms with Crippen molar-refractivity contribution < 1.29 is 24.3 Å². The molecule has 2 aromatic heterocycles. The molecule has 2 fully saturated rings. The average Bonchev–Trinajstić information content (AvgIpc) is 3.54. The Labute approximate surface area is 229 Å². The zero-order chi connectivity index (χ0) is 27.3. The predicted octanol–water partition coefficient (Wildman–Crippen LogP) is -2.00. The zero-order valence-corrected chi connectivity index (χ0v) is 22.5.